The van der Waals surface area contributed by atoms with Gasteiger partial charge < -0.3 is 19.3 Å². The number of hydrogen-bond acceptors (Lipinski definition) is 4. The summed E-state index contributed by atoms with van der Waals surface area (Å²) in [6.45, 7) is 6.61. The minimum atomic E-state index is 0.202. The van der Waals surface area contributed by atoms with Crippen LogP contribution in [0.5, 0.6) is 0 Å². The Labute approximate surface area is 111 Å². The van der Waals surface area contributed by atoms with Crippen LogP contribution in [0.25, 0.3) is 0 Å². The molecule has 4 nitrogen and oxygen atoms in total. The average molecular weight is 260 g/mol. The molecule has 18 heavy (non-hydrogen) atoms. The Morgan fingerprint density at radius 2 is 1.44 bits per heavy atom. The Morgan fingerprint density at radius 3 is 1.94 bits per heavy atom. The van der Waals surface area contributed by atoms with E-state index >= 15 is 0 Å². The van der Waals surface area contributed by atoms with Gasteiger partial charge in [-0.25, -0.2) is 0 Å². The first-order valence-electron chi connectivity index (χ1n) is 7.17. The molecule has 0 aromatic heterocycles. The van der Waals surface area contributed by atoms with Gasteiger partial charge in [0.15, 0.2) is 0 Å². The highest BCUT2D eigenvalue weighted by Crippen LogP contribution is 2.47. The Kier molecular flexibility index (Phi) is 8.59. The number of rotatable bonds is 13. The zero-order valence-corrected chi connectivity index (χ0v) is 11.7. The highest BCUT2D eigenvalue weighted by atomic mass is 16.5. The first-order valence-corrected chi connectivity index (χ1v) is 7.17. The van der Waals surface area contributed by atoms with Gasteiger partial charge in [0, 0.05) is 19.8 Å². The van der Waals surface area contributed by atoms with Crippen molar-refractivity contribution in [1.29, 1.82) is 0 Å². The molecular weight excluding hydrogens is 232 g/mol. The van der Waals surface area contributed by atoms with Crippen molar-refractivity contribution in [1.82, 2.24) is 0 Å². The topological polar surface area (TPSA) is 47.9 Å². The smallest absolute Gasteiger partial charge is 0.0701 e. The van der Waals surface area contributed by atoms with Crippen LogP contribution in [0.1, 0.15) is 39.0 Å². The van der Waals surface area contributed by atoms with Crippen LogP contribution in [-0.4, -0.2) is 51.4 Å². The summed E-state index contributed by atoms with van der Waals surface area (Å²) in [5.41, 5.74) is 0.202. The summed E-state index contributed by atoms with van der Waals surface area (Å²) in [6.07, 6.45) is 5.57. The van der Waals surface area contributed by atoms with E-state index in [9.17, 15) is 0 Å². The van der Waals surface area contributed by atoms with Crippen molar-refractivity contribution in [2.45, 2.75) is 39.0 Å². The first-order chi connectivity index (χ1) is 8.83. The molecule has 1 fully saturated rings. The fourth-order valence-corrected chi connectivity index (χ4v) is 1.74. The second-order valence-corrected chi connectivity index (χ2v) is 5.10. The molecule has 4 heteroatoms. The largest absolute Gasteiger partial charge is 0.396 e. The molecule has 1 N–H and O–H groups in total. The molecule has 0 aromatic rings. The predicted octanol–water partition coefficient (Wildman–Crippen LogP) is 2.00. The van der Waals surface area contributed by atoms with Crippen molar-refractivity contribution >= 4 is 0 Å². The molecule has 1 rings (SSSR count). The normalized spacial score (nSPS) is 17.0. The average Bonchev–Trinajstić information content (AvgIpc) is 3.17. The summed E-state index contributed by atoms with van der Waals surface area (Å²) in [5.74, 6) is 0. The van der Waals surface area contributed by atoms with Crippen molar-refractivity contribution in [3.05, 3.63) is 0 Å². The molecule has 0 heterocycles. The number of unbranched alkanes of at least 4 members (excludes halogenated alkanes) is 1. The maximum atomic E-state index is 9.12. The van der Waals surface area contributed by atoms with E-state index in [1.165, 1.54) is 6.42 Å². The van der Waals surface area contributed by atoms with Crippen LogP contribution in [0.15, 0.2) is 0 Å². The molecule has 0 aromatic carbocycles. The van der Waals surface area contributed by atoms with Crippen molar-refractivity contribution in [3.63, 3.8) is 0 Å². The molecule has 1 aliphatic rings. The molecule has 1 aliphatic carbocycles. The second-order valence-electron chi connectivity index (χ2n) is 5.10. The molecule has 0 spiro atoms. The van der Waals surface area contributed by atoms with Gasteiger partial charge in [-0.15, -0.1) is 0 Å². The third-order valence-electron chi connectivity index (χ3n) is 3.46. The van der Waals surface area contributed by atoms with Crippen molar-refractivity contribution in [2.24, 2.45) is 5.41 Å². The molecular formula is C14H28O4. The van der Waals surface area contributed by atoms with Gasteiger partial charge in [0.25, 0.3) is 0 Å². The molecule has 0 bridgehead atoms. The number of aliphatic hydroxyl groups is 1. The van der Waals surface area contributed by atoms with Gasteiger partial charge in [-0.05, 0) is 31.1 Å². The van der Waals surface area contributed by atoms with E-state index in [1.807, 2.05) is 0 Å². The number of ether oxygens (including phenoxy) is 3. The maximum absolute atomic E-state index is 9.12. The van der Waals surface area contributed by atoms with Crippen LogP contribution in [-0.2, 0) is 14.2 Å². The molecule has 108 valence electrons. The van der Waals surface area contributed by atoms with Crippen molar-refractivity contribution in [2.75, 3.05) is 46.2 Å². The summed E-state index contributed by atoms with van der Waals surface area (Å²) in [6, 6.07) is 0. The van der Waals surface area contributed by atoms with E-state index in [0.29, 0.717) is 33.0 Å². The summed E-state index contributed by atoms with van der Waals surface area (Å²) < 4.78 is 16.2. The molecule has 0 amide bonds. The van der Waals surface area contributed by atoms with Gasteiger partial charge in [-0.3, -0.25) is 0 Å². The molecule has 1 saturated carbocycles. The lowest BCUT2D eigenvalue weighted by Crippen LogP contribution is -2.13. The molecule has 0 atom stereocenters. The van der Waals surface area contributed by atoms with E-state index in [1.54, 1.807) is 0 Å². The van der Waals surface area contributed by atoms with Gasteiger partial charge in [-0.1, -0.05) is 13.3 Å². The van der Waals surface area contributed by atoms with E-state index in [0.717, 1.165) is 38.9 Å². The van der Waals surface area contributed by atoms with Gasteiger partial charge in [0.05, 0.1) is 26.4 Å². The van der Waals surface area contributed by atoms with Gasteiger partial charge in [0.2, 0.25) is 0 Å². The Balaban J connectivity index is 1.71. The SMILES string of the molecule is CCCCOCCOCCOCCC1(CO)CC1. The quantitative estimate of drug-likeness (QED) is 0.515. The molecule has 0 radical (unpaired) electrons. The lowest BCUT2D eigenvalue weighted by molar-refractivity contribution is 0.00968. The zero-order valence-electron chi connectivity index (χ0n) is 11.7. The minimum Gasteiger partial charge on any atom is -0.396 e. The van der Waals surface area contributed by atoms with Crippen LogP contribution >= 0.6 is 0 Å². The van der Waals surface area contributed by atoms with Crippen LogP contribution in [0, 0.1) is 5.41 Å². The first kappa shape index (κ1) is 15.9. The van der Waals surface area contributed by atoms with Crippen LogP contribution in [0.4, 0.5) is 0 Å². The van der Waals surface area contributed by atoms with E-state index < -0.39 is 0 Å². The number of hydrogen-bond donors (Lipinski definition) is 1. The second kappa shape index (κ2) is 9.73. The number of aliphatic hydroxyl groups excluding tert-OH is 1. The van der Waals surface area contributed by atoms with Crippen molar-refractivity contribution in [3.8, 4) is 0 Å². The third-order valence-corrected chi connectivity index (χ3v) is 3.46. The van der Waals surface area contributed by atoms with E-state index in [-0.39, 0.29) is 5.41 Å². The Morgan fingerprint density at radius 1 is 0.889 bits per heavy atom. The van der Waals surface area contributed by atoms with Gasteiger partial charge >= 0.3 is 0 Å². The van der Waals surface area contributed by atoms with Crippen LogP contribution < -0.4 is 0 Å². The fourth-order valence-electron chi connectivity index (χ4n) is 1.74. The van der Waals surface area contributed by atoms with Gasteiger partial charge in [-0.2, -0.15) is 0 Å². The highest BCUT2D eigenvalue weighted by Gasteiger charge is 2.41. The lowest BCUT2D eigenvalue weighted by Gasteiger charge is -2.11. The summed E-state index contributed by atoms with van der Waals surface area (Å²) in [4.78, 5) is 0. The van der Waals surface area contributed by atoms with Crippen molar-refractivity contribution < 1.29 is 19.3 Å². The Hall–Kier alpha value is -0.160. The lowest BCUT2D eigenvalue weighted by atomic mass is 10.1. The molecule has 0 aliphatic heterocycles. The zero-order chi connectivity index (χ0) is 13.1. The van der Waals surface area contributed by atoms with Crippen LogP contribution in [0.3, 0.4) is 0 Å². The summed E-state index contributed by atoms with van der Waals surface area (Å²) in [5, 5.41) is 9.12. The Bertz CT molecular complexity index is 192. The molecule has 0 saturated heterocycles. The maximum Gasteiger partial charge on any atom is 0.0701 e. The standard InChI is InChI=1S/C14H28O4/c1-2-3-7-16-9-11-18-12-10-17-8-6-14(13-15)4-5-14/h15H,2-13H2,1H3. The highest BCUT2D eigenvalue weighted by molar-refractivity contribution is 4.91. The minimum absolute atomic E-state index is 0.202. The van der Waals surface area contributed by atoms with Crippen LogP contribution in [0.2, 0.25) is 0 Å². The fraction of sp³-hybridized carbons (Fsp3) is 1.00. The molecule has 0 unspecified atom stereocenters. The summed E-state index contributed by atoms with van der Waals surface area (Å²) >= 11 is 0. The summed E-state index contributed by atoms with van der Waals surface area (Å²) in [7, 11) is 0. The monoisotopic (exact) mass is 260 g/mol. The van der Waals surface area contributed by atoms with E-state index in [2.05, 4.69) is 6.92 Å². The van der Waals surface area contributed by atoms with E-state index in [4.69, 9.17) is 19.3 Å². The third kappa shape index (κ3) is 7.31. The van der Waals surface area contributed by atoms with Gasteiger partial charge in [0.1, 0.15) is 0 Å². The predicted molar refractivity (Wildman–Crippen MR) is 70.7 cm³/mol.